The van der Waals surface area contributed by atoms with Gasteiger partial charge < -0.3 is 4.90 Å². The fraction of sp³-hybridized carbons (Fsp3) is 0.167. The van der Waals surface area contributed by atoms with Crippen LogP contribution in [0.1, 0.15) is 12.0 Å². The molecule has 9 heteroatoms. The largest absolute Gasteiger partial charge is 0.312 e. The van der Waals surface area contributed by atoms with Crippen molar-refractivity contribution < 1.29 is 14.0 Å². The van der Waals surface area contributed by atoms with Crippen LogP contribution in [0.5, 0.6) is 0 Å². The summed E-state index contributed by atoms with van der Waals surface area (Å²) in [6.45, 7) is 0.540. The molecule has 5 rings (SSSR count). The number of anilines is 2. The third-order valence-corrected chi connectivity index (χ3v) is 7.05. The molecule has 3 heterocycles. The molecule has 1 unspecified atom stereocenters. The Bertz CT molecular complexity index is 1330. The van der Waals surface area contributed by atoms with Gasteiger partial charge >= 0.3 is 0 Å². The standard InChI is InChI=1S/C24H18BrFN4O2S/c25-17-3-8-20-21(11-17)33-24(28-20)30(13-15-2-1-9-27-12-15)23(32)16-10-22(31)29(14-16)19-6-4-18(26)5-7-19/h1-9,11-12,16H,10,13-14H2. The van der Waals surface area contributed by atoms with Crippen molar-refractivity contribution in [2.45, 2.75) is 13.0 Å². The first kappa shape index (κ1) is 21.7. The molecule has 2 aromatic heterocycles. The molecular formula is C24H18BrFN4O2S. The van der Waals surface area contributed by atoms with Crippen molar-refractivity contribution in [3.05, 3.63) is 82.8 Å². The smallest absolute Gasteiger partial charge is 0.234 e. The lowest BCUT2D eigenvalue weighted by atomic mass is 10.1. The van der Waals surface area contributed by atoms with Gasteiger partial charge in [0.25, 0.3) is 0 Å². The molecule has 0 radical (unpaired) electrons. The highest BCUT2D eigenvalue weighted by Gasteiger charge is 2.38. The lowest BCUT2D eigenvalue weighted by Gasteiger charge is -2.23. The average Bonchev–Trinajstić information content (AvgIpc) is 3.41. The van der Waals surface area contributed by atoms with Gasteiger partial charge in [0.05, 0.1) is 22.7 Å². The van der Waals surface area contributed by atoms with Gasteiger partial charge in [-0.15, -0.1) is 0 Å². The minimum Gasteiger partial charge on any atom is -0.312 e. The Morgan fingerprint density at radius 1 is 1.21 bits per heavy atom. The molecule has 33 heavy (non-hydrogen) atoms. The maximum absolute atomic E-state index is 13.7. The lowest BCUT2D eigenvalue weighted by Crippen LogP contribution is -2.37. The number of hydrogen-bond acceptors (Lipinski definition) is 5. The number of amides is 2. The van der Waals surface area contributed by atoms with Gasteiger partial charge in [-0.05, 0) is 54.1 Å². The van der Waals surface area contributed by atoms with Crippen molar-refractivity contribution in [3.63, 3.8) is 0 Å². The highest BCUT2D eigenvalue weighted by molar-refractivity contribution is 9.10. The van der Waals surface area contributed by atoms with Crippen LogP contribution in [0.4, 0.5) is 15.2 Å². The second kappa shape index (κ2) is 8.99. The number of carbonyl (C=O) groups excluding carboxylic acids is 2. The molecule has 4 aromatic rings. The van der Waals surface area contributed by atoms with Gasteiger partial charge in [0.1, 0.15) is 5.82 Å². The van der Waals surface area contributed by atoms with Gasteiger partial charge in [0.15, 0.2) is 5.13 Å². The number of rotatable bonds is 5. The van der Waals surface area contributed by atoms with Crippen LogP contribution in [0.2, 0.25) is 0 Å². The molecule has 2 amide bonds. The quantitative estimate of drug-likeness (QED) is 0.360. The summed E-state index contributed by atoms with van der Waals surface area (Å²) in [6.07, 6.45) is 3.49. The zero-order valence-corrected chi connectivity index (χ0v) is 19.7. The number of carbonyl (C=O) groups is 2. The summed E-state index contributed by atoms with van der Waals surface area (Å²) in [5, 5.41) is 0.574. The van der Waals surface area contributed by atoms with Crippen LogP contribution in [0.15, 0.2) is 71.5 Å². The van der Waals surface area contributed by atoms with Crippen LogP contribution >= 0.6 is 27.3 Å². The highest BCUT2D eigenvalue weighted by atomic mass is 79.9. The van der Waals surface area contributed by atoms with Crippen LogP contribution in [0, 0.1) is 11.7 Å². The topological polar surface area (TPSA) is 66.4 Å². The Morgan fingerprint density at radius 3 is 2.79 bits per heavy atom. The summed E-state index contributed by atoms with van der Waals surface area (Å²) in [5.74, 6) is -1.23. The Balaban J connectivity index is 1.46. The molecular weight excluding hydrogens is 507 g/mol. The summed E-state index contributed by atoms with van der Waals surface area (Å²) in [6, 6.07) is 15.2. The third kappa shape index (κ3) is 4.51. The zero-order valence-electron chi connectivity index (χ0n) is 17.3. The zero-order chi connectivity index (χ0) is 22.9. The second-order valence-corrected chi connectivity index (χ2v) is 9.70. The van der Waals surface area contributed by atoms with E-state index < -0.39 is 5.92 Å². The van der Waals surface area contributed by atoms with Gasteiger partial charge in [0, 0.05) is 35.5 Å². The van der Waals surface area contributed by atoms with E-state index in [4.69, 9.17) is 4.98 Å². The van der Waals surface area contributed by atoms with E-state index in [-0.39, 0.29) is 30.6 Å². The van der Waals surface area contributed by atoms with E-state index in [2.05, 4.69) is 20.9 Å². The number of aromatic nitrogens is 2. The van der Waals surface area contributed by atoms with Gasteiger partial charge in [-0.25, -0.2) is 9.37 Å². The number of hydrogen-bond donors (Lipinski definition) is 0. The molecule has 0 spiro atoms. The molecule has 0 saturated carbocycles. The normalized spacial score (nSPS) is 15.9. The molecule has 0 bridgehead atoms. The van der Waals surface area contributed by atoms with Crippen LogP contribution in [-0.2, 0) is 16.1 Å². The number of nitrogens with zero attached hydrogens (tertiary/aromatic N) is 4. The van der Waals surface area contributed by atoms with E-state index in [0.717, 1.165) is 20.3 Å². The molecule has 1 aliphatic rings. The number of fused-ring (bicyclic) bond motifs is 1. The van der Waals surface area contributed by atoms with Crippen molar-refractivity contribution in [2.24, 2.45) is 5.92 Å². The summed E-state index contributed by atoms with van der Waals surface area (Å²) >= 11 is 4.91. The van der Waals surface area contributed by atoms with Crippen molar-refractivity contribution in [1.29, 1.82) is 0 Å². The minimum absolute atomic E-state index is 0.0934. The number of pyridine rings is 1. The fourth-order valence-electron chi connectivity index (χ4n) is 3.88. The molecule has 1 atom stereocenters. The monoisotopic (exact) mass is 524 g/mol. The summed E-state index contributed by atoms with van der Waals surface area (Å²) in [5.41, 5.74) is 2.25. The minimum atomic E-state index is -0.530. The van der Waals surface area contributed by atoms with E-state index >= 15 is 0 Å². The molecule has 1 fully saturated rings. The lowest BCUT2D eigenvalue weighted by molar-refractivity contribution is -0.124. The van der Waals surface area contributed by atoms with Crippen molar-refractivity contribution >= 4 is 60.1 Å². The van der Waals surface area contributed by atoms with E-state index in [1.54, 1.807) is 34.3 Å². The summed E-state index contributed by atoms with van der Waals surface area (Å²) < 4.78 is 15.2. The van der Waals surface area contributed by atoms with Crippen molar-refractivity contribution in [3.8, 4) is 0 Å². The molecule has 166 valence electrons. The molecule has 1 saturated heterocycles. The highest BCUT2D eigenvalue weighted by Crippen LogP contribution is 2.34. The third-order valence-electron chi connectivity index (χ3n) is 5.51. The first-order chi connectivity index (χ1) is 16.0. The molecule has 1 aliphatic heterocycles. The molecule has 0 aliphatic carbocycles. The second-order valence-electron chi connectivity index (χ2n) is 7.78. The summed E-state index contributed by atoms with van der Waals surface area (Å²) in [7, 11) is 0. The van der Waals surface area contributed by atoms with E-state index in [1.165, 1.54) is 23.5 Å². The van der Waals surface area contributed by atoms with E-state index in [9.17, 15) is 14.0 Å². The number of halogens is 2. The average molecular weight is 525 g/mol. The Labute approximate surface area is 201 Å². The van der Waals surface area contributed by atoms with Gasteiger partial charge in [-0.1, -0.05) is 33.3 Å². The predicted molar refractivity (Wildman–Crippen MR) is 130 cm³/mol. The summed E-state index contributed by atoms with van der Waals surface area (Å²) in [4.78, 5) is 38.4. The van der Waals surface area contributed by atoms with E-state index in [0.29, 0.717) is 17.4 Å². The van der Waals surface area contributed by atoms with Gasteiger partial charge in [0.2, 0.25) is 11.8 Å². The van der Waals surface area contributed by atoms with Gasteiger partial charge in [-0.2, -0.15) is 0 Å². The first-order valence-corrected chi connectivity index (χ1v) is 11.9. The molecule has 6 nitrogen and oxygen atoms in total. The Morgan fingerprint density at radius 2 is 2.03 bits per heavy atom. The van der Waals surface area contributed by atoms with Crippen LogP contribution in [0.25, 0.3) is 10.2 Å². The van der Waals surface area contributed by atoms with Crippen LogP contribution in [0.3, 0.4) is 0 Å². The first-order valence-electron chi connectivity index (χ1n) is 10.3. The van der Waals surface area contributed by atoms with Crippen molar-refractivity contribution in [2.75, 3.05) is 16.3 Å². The number of thiazole rings is 1. The maximum atomic E-state index is 13.7. The van der Waals surface area contributed by atoms with Crippen molar-refractivity contribution in [1.82, 2.24) is 9.97 Å². The Hall–Kier alpha value is -3.17. The van der Waals surface area contributed by atoms with Crippen LogP contribution in [-0.4, -0.2) is 28.3 Å². The SMILES string of the molecule is O=C1CC(C(=O)N(Cc2cccnc2)c2nc3ccc(Br)cc3s2)CN1c1ccc(F)cc1. The van der Waals surface area contributed by atoms with E-state index in [1.807, 2.05) is 30.3 Å². The van der Waals surface area contributed by atoms with Gasteiger partial charge in [-0.3, -0.25) is 19.5 Å². The predicted octanol–water partition coefficient (Wildman–Crippen LogP) is 5.18. The Kier molecular flexibility index (Phi) is 5.90. The number of benzene rings is 2. The fourth-order valence-corrected chi connectivity index (χ4v) is 5.40. The molecule has 2 aromatic carbocycles. The molecule has 0 N–H and O–H groups in total. The maximum Gasteiger partial charge on any atom is 0.234 e. The van der Waals surface area contributed by atoms with Crippen LogP contribution < -0.4 is 9.80 Å².